The molecule has 0 radical (unpaired) electrons. The summed E-state index contributed by atoms with van der Waals surface area (Å²) in [5.41, 5.74) is 2.30. The van der Waals surface area contributed by atoms with E-state index in [9.17, 15) is 0 Å². The van der Waals surface area contributed by atoms with Crippen LogP contribution in [0.15, 0.2) is 24.3 Å². The second-order valence-corrected chi connectivity index (χ2v) is 2.31. The SMILES string of the molecule is CC#CNc1ccccc1C. The minimum atomic E-state index is 1.09. The first-order valence-corrected chi connectivity index (χ1v) is 3.58. The molecule has 0 spiro atoms. The average Bonchev–Trinajstić information content (AvgIpc) is 2.03. The van der Waals surface area contributed by atoms with Crippen LogP contribution in [0.3, 0.4) is 0 Å². The molecule has 1 heteroatoms. The highest BCUT2D eigenvalue weighted by atomic mass is 14.8. The molecule has 56 valence electrons. The van der Waals surface area contributed by atoms with Crippen molar-refractivity contribution < 1.29 is 0 Å². The van der Waals surface area contributed by atoms with Crippen LogP contribution < -0.4 is 5.32 Å². The fourth-order valence-corrected chi connectivity index (χ4v) is 0.843. The first-order valence-electron chi connectivity index (χ1n) is 3.58. The summed E-state index contributed by atoms with van der Waals surface area (Å²) in [7, 11) is 0. The van der Waals surface area contributed by atoms with Gasteiger partial charge in [0.2, 0.25) is 0 Å². The quantitative estimate of drug-likeness (QED) is 0.472. The number of aryl methyl sites for hydroxylation is 1. The Labute approximate surface area is 67.4 Å². The van der Waals surface area contributed by atoms with Crippen LogP contribution in [0, 0.1) is 18.9 Å². The monoisotopic (exact) mass is 145 g/mol. The van der Waals surface area contributed by atoms with Gasteiger partial charge in [-0.15, -0.1) is 0 Å². The molecule has 0 saturated carbocycles. The van der Waals surface area contributed by atoms with Gasteiger partial charge in [0.05, 0.1) is 0 Å². The van der Waals surface area contributed by atoms with Crippen LogP contribution >= 0.6 is 0 Å². The zero-order valence-corrected chi connectivity index (χ0v) is 6.81. The summed E-state index contributed by atoms with van der Waals surface area (Å²) < 4.78 is 0. The molecule has 0 aliphatic rings. The molecule has 0 saturated heterocycles. The van der Waals surface area contributed by atoms with Crippen molar-refractivity contribution in [2.24, 2.45) is 0 Å². The van der Waals surface area contributed by atoms with Gasteiger partial charge in [-0.25, -0.2) is 0 Å². The predicted molar refractivity (Wildman–Crippen MR) is 48.3 cm³/mol. The van der Waals surface area contributed by atoms with E-state index < -0.39 is 0 Å². The molecule has 11 heavy (non-hydrogen) atoms. The topological polar surface area (TPSA) is 12.0 Å². The molecule has 1 rings (SSSR count). The third-order valence-corrected chi connectivity index (χ3v) is 1.47. The van der Waals surface area contributed by atoms with E-state index in [0.29, 0.717) is 0 Å². The lowest BCUT2D eigenvalue weighted by Crippen LogP contribution is -1.89. The van der Waals surface area contributed by atoms with E-state index in [2.05, 4.69) is 30.3 Å². The van der Waals surface area contributed by atoms with Gasteiger partial charge in [-0.05, 0) is 25.5 Å². The molecule has 0 unspecified atom stereocenters. The summed E-state index contributed by atoms with van der Waals surface area (Å²) in [5, 5.41) is 3.00. The van der Waals surface area contributed by atoms with E-state index >= 15 is 0 Å². The summed E-state index contributed by atoms with van der Waals surface area (Å²) in [6.45, 7) is 3.87. The van der Waals surface area contributed by atoms with Crippen molar-refractivity contribution in [1.29, 1.82) is 0 Å². The fraction of sp³-hybridized carbons (Fsp3) is 0.200. The maximum absolute atomic E-state index is 3.00. The number of rotatable bonds is 1. The van der Waals surface area contributed by atoms with Crippen LogP contribution in [0.5, 0.6) is 0 Å². The number of hydrogen-bond acceptors (Lipinski definition) is 1. The van der Waals surface area contributed by atoms with Gasteiger partial charge in [-0.2, -0.15) is 0 Å². The first kappa shape index (κ1) is 7.68. The Balaban J connectivity index is 2.83. The molecular formula is C10H11N. The minimum absolute atomic E-state index is 1.09. The maximum atomic E-state index is 3.00. The van der Waals surface area contributed by atoms with Gasteiger partial charge in [0.25, 0.3) is 0 Å². The van der Waals surface area contributed by atoms with E-state index in [-0.39, 0.29) is 0 Å². The molecule has 0 fully saturated rings. The molecule has 1 N–H and O–H groups in total. The third-order valence-electron chi connectivity index (χ3n) is 1.47. The second-order valence-electron chi connectivity index (χ2n) is 2.31. The third kappa shape index (κ3) is 2.01. The number of para-hydroxylation sites is 1. The highest BCUT2D eigenvalue weighted by Gasteiger charge is 1.90. The predicted octanol–water partition coefficient (Wildman–Crippen LogP) is 2.39. The molecule has 1 aromatic carbocycles. The zero-order chi connectivity index (χ0) is 8.10. The maximum Gasteiger partial charge on any atom is 0.0488 e. The Kier molecular flexibility index (Phi) is 2.57. The lowest BCUT2D eigenvalue weighted by Gasteiger charge is -2.00. The highest BCUT2D eigenvalue weighted by molar-refractivity contribution is 5.53. The summed E-state index contributed by atoms with van der Waals surface area (Å²) in [5.74, 6) is 2.78. The van der Waals surface area contributed by atoms with Crippen molar-refractivity contribution in [3.05, 3.63) is 29.8 Å². The zero-order valence-electron chi connectivity index (χ0n) is 6.81. The van der Waals surface area contributed by atoms with E-state index in [0.717, 1.165) is 5.69 Å². The fourth-order valence-electron chi connectivity index (χ4n) is 0.843. The van der Waals surface area contributed by atoms with E-state index in [1.54, 1.807) is 0 Å². The summed E-state index contributed by atoms with van der Waals surface area (Å²) in [6.07, 6.45) is 0. The van der Waals surface area contributed by atoms with Gasteiger partial charge in [-0.1, -0.05) is 24.1 Å². The molecule has 0 aromatic heterocycles. The average molecular weight is 145 g/mol. The molecule has 0 aliphatic heterocycles. The Morgan fingerprint density at radius 3 is 2.64 bits per heavy atom. The van der Waals surface area contributed by atoms with Gasteiger partial charge in [0.1, 0.15) is 0 Å². The largest absolute Gasteiger partial charge is 0.315 e. The van der Waals surface area contributed by atoms with E-state index in [1.807, 2.05) is 25.1 Å². The number of nitrogens with one attached hydrogen (secondary N) is 1. The molecule has 0 atom stereocenters. The van der Waals surface area contributed by atoms with Crippen molar-refractivity contribution in [1.82, 2.24) is 0 Å². The van der Waals surface area contributed by atoms with Gasteiger partial charge >= 0.3 is 0 Å². The van der Waals surface area contributed by atoms with Crippen molar-refractivity contribution in [2.75, 3.05) is 5.32 Å². The van der Waals surface area contributed by atoms with Crippen LogP contribution in [-0.4, -0.2) is 0 Å². The number of anilines is 1. The van der Waals surface area contributed by atoms with Gasteiger partial charge in [0.15, 0.2) is 0 Å². The van der Waals surface area contributed by atoms with Gasteiger partial charge in [0, 0.05) is 11.7 Å². The minimum Gasteiger partial charge on any atom is -0.315 e. The van der Waals surface area contributed by atoms with Gasteiger partial charge in [-0.3, -0.25) is 0 Å². The smallest absolute Gasteiger partial charge is 0.0488 e. The summed E-state index contributed by atoms with van der Waals surface area (Å²) in [4.78, 5) is 0. The standard InChI is InChI=1S/C10H11N/c1-3-8-11-10-7-5-4-6-9(10)2/h4-7,11H,1-2H3. The van der Waals surface area contributed by atoms with Crippen molar-refractivity contribution in [3.63, 3.8) is 0 Å². The Morgan fingerprint density at radius 2 is 2.00 bits per heavy atom. The first-order chi connectivity index (χ1) is 5.34. The molecule has 0 aliphatic carbocycles. The summed E-state index contributed by atoms with van der Waals surface area (Å²) in [6, 6.07) is 10.9. The van der Waals surface area contributed by atoms with Crippen LogP contribution in [0.25, 0.3) is 0 Å². The van der Waals surface area contributed by atoms with Crippen LogP contribution in [0.1, 0.15) is 12.5 Å². The molecule has 1 nitrogen and oxygen atoms in total. The molecule has 0 heterocycles. The Morgan fingerprint density at radius 1 is 1.27 bits per heavy atom. The number of hydrogen-bond donors (Lipinski definition) is 1. The van der Waals surface area contributed by atoms with E-state index in [1.165, 1.54) is 5.56 Å². The van der Waals surface area contributed by atoms with E-state index in [4.69, 9.17) is 0 Å². The Bertz CT molecular complexity index is 291. The normalized spacial score (nSPS) is 8.18. The molecule has 0 amide bonds. The van der Waals surface area contributed by atoms with Crippen molar-refractivity contribution in [2.45, 2.75) is 13.8 Å². The van der Waals surface area contributed by atoms with Crippen molar-refractivity contribution in [3.8, 4) is 12.0 Å². The lowest BCUT2D eigenvalue weighted by molar-refractivity contribution is 1.45. The second kappa shape index (κ2) is 3.68. The lowest BCUT2D eigenvalue weighted by atomic mass is 10.2. The molecule has 0 bridgehead atoms. The Hall–Kier alpha value is -1.42. The molecular weight excluding hydrogens is 134 g/mol. The summed E-state index contributed by atoms with van der Waals surface area (Å²) >= 11 is 0. The van der Waals surface area contributed by atoms with Gasteiger partial charge < -0.3 is 5.32 Å². The molecule has 1 aromatic rings. The van der Waals surface area contributed by atoms with Crippen LogP contribution in [0.4, 0.5) is 5.69 Å². The highest BCUT2D eigenvalue weighted by Crippen LogP contribution is 2.11. The number of benzene rings is 1. The van der Waals surface area contributed by atoms with Crippen LogP contribution in [-0.2, 0) is 0 Å². The van der Waals surface area contributed by atoms with Crippen molar-refractivity contribution >= 4 is 5.69 Å². The van der Waals surface area contributed by atoms with Crippen LogP contribution in [0.2, 0.25) is 0 Å².